The Labute approximate surface area is 123 Å². The molecule has 1 saturated carbocycles. The van der Waals surface area contributed by atoms with Gasteiger partial charge in [0.15, 0.2) is 5.65 Å². The van der Waals surface area contributed by atoms with Crippen LogP contribution in [0.25, 0.3) is 11.0 Å². The van der Waals surface area contributed by atoms with E-state index in [9.17, 15) is 9.90 Å². The topological polar surface area (TPSA) is 71.2 Å². The number of nitrogens with zero attached hydrogens (tertiary/aromatic N) is 4. The minimum atomic E-state index is -0.939. The number of carboxylic acid groups (broad SMARTS) is 1. The molecule has 2 aromatic rings. The average Bonchev–Trinajstić information content (AvgIpc) is 2.88. The van der Waals surface area contributed by atoms with Crippen molar-refractivity contribution in [1.29, 1.82) is 0 Å². The molecule has 0 radical (unpaired) electrons. The molecule has 1 fully saturated rings. The normalized spacial score (nSPS) is 16.3. The van der Waals surface area contributed by atoms with Crippen LogP contribution in [0, 0.1) is 0 Å². The quantitative estimate of drug-likeness (QED) is 0.939. The number of carbonyl (C=O) groups is 1. The van der Waals surface area contributed by atoms with Gasteiger partial charge in [0, 0.05) is 26.3 Å². The summed E-state index contributed by atoms with van der Waals surface area (Å²) in [7, 11) is 3.81. The Morgan fingerprint density at radius 3 is 2.71 bits per heavy atom. The van der Waals surface area contributed by atoms with Gasteiger partial charge in [-0.3, -0.25) is 4.68 Å². The molecule has 1 aliphatic rings. The second-order valence-corrected chi connectivity index (χ2v) is 5.73. The lowest BCUT2D eigenvalue weighted by atomic mass is 9.93. The number of anilines is 1. The van der Waals surface area contributed by atoms with E-state index in [1.165, 1.54) is 25.5 Å². The molecule has 0 saturated heterocycles. The number of pyridine rings is 1. The van der Waals surface area contributed by atoms with E-state index < -0.39 is 5.97 Å². The lowest BCUT2D eigenvalue weighted by Gasteiger charge is -2.34. The van der Waals surface area contributed by atoms with Crippen LogP contribution in [0.1, 0.15) is 42.5 Å². The molecule has 2 aromatic heterocycles. The largest absolute Gasteiger partial charge is 0.478 e. The predicted molar refractivity (Wildman–Crippen MR) is 80.7 cm³/mol. The number of hydrogen-bond donors (Lipinski definition) is 1. The van der Waals surface area contributed by atoms with Crippen LogP contribution in [0.2, 0.25) is 0 Å². The maximum atomic E-state index is 11.6. The van der Waals surface area contributed by atoms with Crippen molar-refractivity contribution in [1.82, 2.24) is 14.8 Å². The third-order valence-electron chi connectivity index (χ3n) is 4.44. The zero-order chi connectivity index (χ0) is 15.0. The van der Waals surface area contributed by atoms with Crippen molar-refractivity contribution in [3.63, 3.8) is 0 Å². The predicted octanol–water partition coefficient (Wildman–Crippen LogP) is 2.44. The van der Waals surface area contributed by atoms with Gasteiger partial charge in [-0.25, -0.2) is 9.78 Å². The fourth-order valence-corrected chi connectivity index (χ4v) is 3.27. The molecule has 0 spiro atoms. The number of aryl methyl sites for hydroxylation is 1. The van der Waals surface area contributed by atoms with E-state index >= 15 is 0 Å². The van der Waals surface area contributed by atoms with Crippen molar-refractivity contribution in [3.8, 4) is 0 Å². The van der Waals surface area contributed by atoms with Crippen LogP contribution in [0.15, 0.2) is 12.4 Å². The summed E-state index contributed by atoms with van der Waals surface area (Å²) in [6.45, 7) is 0. The third-order valence-corrected chi connectivity index (χ3v) is 4.44. The molecule has 112 valence electrons. The van der Waals surface area contributed by atoms with E-state index in [-0.39, 0.29) is 5.56 Å². The molecular weight excluding hydrogens is 268 g/mol. The Kier molecular flexibility index (Phi) is 3.53. The highest BCUT2D eigenvalue weighted by atomic mass is 16.4. The van der Waals surface area contributed by atoms with Crippen LogP contribution >= 0.6 is 0 Å². The molecule has 0 amide bonds. The summed E-state index contributed by atoms with van der Waals surface area (Å²) in [6.07, 6.45) is 9.07. The number of fused-ring (bicyclic) bond motifs is 1. The summed E-state index contributed by atoms with van der Waals surface area (Å²) in [5.41, 5.74) is 1.72. The summed E-state index contributed by atoms with van der Waals surface area (Å²) < 4.78 is 1.68. The van der Waals surface area contributed by atoms with Crippen molar-refractivity contribution in [3.05, 3.63) is 18.0 Å². The van der Waals surface area contributed by atoms with E-state index in [4.69, 9.17) is 0 Å². The number of hydrogen-bond acceptors (Lipinski definition) is 4. The first-order valence-electron chi connectivity index (χ1n) is 7.36. The minimum Gasteiger partial charge on any atom is -0.478 e. The first-order chi connectivity index (χ1) is 10.1. The Balaban J connectivity index is 2.13. The zero-order valence-corrected chi connectivity index (χ0v) is 12.4. The summed E-state index contributed by atoms with van der Waals surface area (Å²) in [6, 6.07) is 0.391. The second kappa shape index (κ2) is 5.35. The van der Waals surface area contributed by atoms with E-state index in [0.717, 1.165) is 29.6 Å². The van der Waals surface area contributed by atoms with Crippen LogP contribution in [0.5, 0.6) is 0 Å². The van der Waals surface area contributed by atoms with Crippen molar-refractivity contribution < 1.29 is 9.90 Å². The van der Waals surface area contributed by atoms with Gasteiger partial charge in [-0.1, -0.05) is 19.3 Å². The molecule has 2 heterocycles. The van der Waals surface area contributed by atoms with Crippen LogP contribution in [0.3, 0.4) is 0 Å². The maximum Gasteiger partial charge on any atom is 0.339 e. The molecule has 0 atom stereocenters. The SMILES string of the molecule is CN(c1c(C(=O)O)cnc2c1cnn2C)C1CCCCC1. The van der Waals surface area contributed by atoms with Crippen LogP contribution in [-0.4, -0.2) is 38.9 Å². The molecule has 3 rings (SSSR count). The Morgan fingerprint density at radius 1 is 1.33 bits per heavy atom. The highest BCUT2D eigenvalue weighted by Gasteiger charge is 2.25. The standard InChI is InChI=1S/C15H20N4O2/c1-18(10-6-4-3-5-7-10)13-11-9-17-19(2)14(11)16-8-12(13)15(20)21/h8-10H,3-7H2,1-2H3,(H,20,21). The first-order valence-corrected chi connectivity index (χ1v) is 7.36. The summed E-state index contributed by atoms with van der Waals surface area (Å²) >= 11 is 0. The summed E-state index contributed by atoms with van der Waals surface area (Å²) in [5.74, 6) is -0.939. The van der Waals surface area contributed by atoms with Crippen LogP contribution in [-0.2, 0) is 7.05 Å². The van der Waals surface area contributed by atoms with Crippen molar-refractivity contribution in [2.75, 3.05) is 11.9 Å². The van der Waals surface area contributed by atoms with Gasteiger partial charge in [0.25, 0.3) is 0 Å². The average molecular weight is 288 g/mol. The first kappa shape index (κ1) is 13.9. The van der Waals surface area contributed by atoms with E-state index in [1.807, 2.05) is 14.1 Å². The van der Waals surface area contributed by atoms with Gasteiger partial charge in [0.05, 0.1) is 17.3 Å². The van der Waals surface area contributed by atoms with Crippen LogP contribution in [0.4, 0.5) is 5.69 Å². The van der Waals surface area contributed by atoms with Gasteiger partial charge in [0.2, 0.25) is 0 Å². The van der Waals surface area contributed by atoms with Gasteiger partial charge < -0.3 is 10.0 Å². The van der Waals surface area contributed by atoms with E-state index in [1.54, 1.807) is 10.9 Å². The number of aromatic nitrogens is 3. The highest BCUT2D eigenvalue weighted by molar-refractivity contribution is 6.03. The van der Waals surface area contributed by atoms with Gasteiger partial charge in [-0.2, -0.15) is 5.10 Å². The molecule has 6 nitrogen and oxygen atoms in total. The Hall–Kier alpha value is -2.11. The smallest absolute Gasteiger partial charge is 0.339 e. The molecule has 0 bridgehead atoms. The molecule has 0 aliphatic heterocycles. The third kappa shape index (κ3) is 2.34. The minimum absolute atomic E-state index is 0.253. The fourth-order valence-electron chi connectivity index (χ4n) is 3.27. The number of aromatic carboxylic acids is 1. The van der Waals surface area contributed by atoms with Crippen molar-refractivity contribution in [2.45, 2.75) is 38.1 Å². The number of carboxylic acids is 1. The Morgan fingerprint density at radius 2 is 2.05 bits per heavy atom. The highest BCUT2D eigenvalue weighted by Crippen LogP contribution is 2.33. The molecule has 6 heteroatoms. The van der Waals surface area contributed by atoms with Crippen molar-refractivity contribution >= 4 is 22.7 Å². The van der Waals surface area contributed by atoms with Crippen LogP contribution < -0.4 is 4.90 Å². The lowest BCUT2D eigenvalue weighted by molar-refractivity contribution is 0.0697. The lowest BCUT2D eigenvalue weighted by Crippen LogP contribution is -2.34. The van der Waals surface area contributed by atoms with E-state index in [2.05, 4.69) is 15.0 Å². The molecular formula is C15H20N4O2. The molecule has 0 unspecified atom stereocenters. The molecule has 21 heavy (non-hydrogen) atoms. The monoisotopic (exact) mass is 288 g/mol. The maximum absolute atomic E-state index is 11.6. The fraction of sp³-hybridized carbons (Fsp3) is 0.533. The summed E-state index contributed by atoms with van der Waals surface area (Å²) in [4.78, 5) is 17.9. The summed E-state index contributed by atoms with van der Waals surface area (Å²) in [5, 5.41) is 14.5. The van der Waals surface area contributed by atoms with Gasteiger partial charge in [-0.05, 0) is 12.8 Å². The van der Waals surface area contributed by atoms with E-state index in [0.29, 0.717) is 6.04 Å². The second-order valence-electron chi connectivity index (χ2n) is 5.73. The Bertz CT molecular complexity index is 674. The van der Waals surface area contributed by atoms with Gasteiger partial charge in [0.1, 0.15) is 5.56 Å². The zero-order valence-electron chi connectivity index (χ0n) is 12.4. The molecule has 1 aliphatic carbocycles. The molecule has 0 aromatic carbocycles. The van der Waals surface area contributed by atoms with Crippen molar-refractivity contribution in [2.24, 2.45) is 7.05 Å². The number of rotatable bonds is 3. The van der Waals surface area contributed by atoms with Gasteiger partial charge in [-0.15, -0.1) is 0 Å². The molecule has 1 N–H and O–H groups in total. The van der Waals surface area contributed by atoms with Gasteiger partial charge >= 0.3 is 5.97 Å².